The van der Waals surface area contributed by atoms with Crippen LogP contribution >= 0.6 is 11.6 Å². The van der Waals surface area contributed by atoms with Crippen molar-refractivity contribution in [3.05, 3.63) is 64.1 Å². The number of rotatable bonds is 2. The lowest BCUT2D eigenvalue weighted by Gasteiger charge is -2.35. The first-order chi connectivity index (χ1) is 12.5. The molecule has 26 heavy (non-hydrogen) atoms. The second-order valence-corrected chi connectivity index (χ2v) is 6.90. The molecule has 132 valence electrons. The first-order valence-corrected chi connectivity index (χ1v) is 8.78. The van der Waals surface area contributed by atoms with Crippen molar-refractivity contribution in [1.82, 2.24) is 19.5 Å². The third-order valence-electron chi connectivity index (χ3n) is 4.87. The average Bonchev–Trinajstić information content (AvgIpc) is 3.04. The van der Waals surface area contributed by atoms with Gasteiger partial charge < -0.3 is 4.90 Å². The summed E-state index contributed by atoms with van der Waals surface area (Å²) in [6.45, 7) is 4.09. The number of ketones is 1. The summed E-state index contributed by atoms with van der Waals surface area (Å²) < 4.78 is 1.51. The quantitative estimate of drug-likeness (QED) is 0.650. The lowest BCUT2D eigenvalue weighted by molar-refractivity contribution is 0.0671. The van der Waals surface area contributed by atoms with Gasteiger partial charge >= 0.3 is 0 Å². The number of hydrogen-bond acceptors (Lipinski definition) is 4. The topological polar surface area (TPSA) is 67.6 Å². The molecule has 1 amide bonds. The first-order valence-electron chi connectivity index (χ1n) is 8.40. The number of hydrogen-bond donors (Lipinski definition) is 0. The van der Waals surface area contributed by atoms with Gasteiger partial charge in [0.1, 0.15) is 0 Å². The highest BCUT2D eigenvalue weighted by Gasteiger charge is 2.31. The van der Waals surface area contributed by atoms with Crippen LogP contribution in [0.3, 0.4) is 0 Å². The molecule has 0 radical (unpaired) electrons. The predicted molar refractivity (Wildman–Crippen MR) is 97.6 cm³/mol. The molecule has 4 rings (SSSR count). The van der Waals surface area contributed by atoms with Crippen molar-refractivity contribution in [2.75, 3.05) is 6.54 Å². The van der Waals surface area contributed by atoms with Gasteiger partial charge in [-0.05, 0) is 31.4 Å². The maximum absolute atomic E-state index is 13.0. The molecule has 0 saturated carbocycles. The molecule has 0 N–H and O–H groups in total. The molecular weight excluding hydrogens is 352 g/mol. The minimum atomic E-state index is -0.155. The van der Waals surface area contributed by atoms with Crippen molar-refractivity contribution in [3.8, 4) is 0 Å². The Morgan fingerprint density at radius 3 is 2.88 bits per heavy atom. The van der Waals surface area contributed by atoms with Gasteiger partial charge in [-0.3, -0.25) is 9.59 Å². The average molecular weight is 369 g/mol. The van der Waals surface area contributed by atoms with E-state index in [1.807, 2.05) is 25.1 Å². The summed E-state index contributed by atoms with van der Waals surface area (Å²) in [5, 5.41) is 4.76. The second kappa shape index (κ2) is 6.21. The van der Waals surface area contributed by atoms with Gasteiger partial charge in [0.2, 0.25) is 0 Å². The van der Waals surface area contributed by atoms with Crippen LogP contribution in [-0.4, -0.2) is 37.7 Å². The summed E-state index contributed by atoms with van der Waals surface area (Å²) in [5.41, 5.74) is 3.70. The van der Waals surface area contributed by atoms with Crippen molar-refractivity contribution in [2.45, 2.75) is 26.3 Å². The molecule has 2 aromatic heterocycles. The van der Waals surface area contributed by atoms with Crippen molar-refractivity contribution < 1.29 is 9.59 Å². The molecule has 0 fully saturated rings. The predicted octanol–water partition coefficient (Wildman–Crippen LogP) is 3.34. The number of fused-ring (bicyclic) bond motifs is 2. The van der Waals surface area contributed by atoms with Crippen molar-refractivity contribution in [2.24, 2.45) is 0 Å². The second-order valence-electron chi connectivity index (χ2n) is 6.46. The van der Waals surface area contributed by atoms with E-state index >= 15 is 0 Å². The Bertz CT molecular complexity index is 1040. The van der Waals surface area contributed by atoms with Gasteiger partial charge in [0.05, 0.1) is 17.3 Å². The van der Waals surface area contributed by atoms with Gasteiger partial charge in [-0.15, -0.1) is 0 Å². The first kappa shape index (κ1) is 16.7. The smallest absolute Gasteiger partial charge is 0.274 e. The van der Waals surface area contributed by atoms with Gasteiger partial charge in [0.15, 0.2) is 17.1 Å². The molecule has 1 atom stereocenters. The van der Waals surface area contributed by atoms with Gasteiger partial charge in [-0.25, -0.2) is 9.50 Å². The molecule has 0 aliphatic carbocycles. The summed E-state index contributed by atoms with van der Waals surface area (Å²) in [7, 11) is 0. The molecule has 3 heterocycles. The molecule has 1 aromatic carbocycles. The van der Waals surface area contributed by atoms with Crippen LogP contribution in [0.1, 0.15) is 51.9 Å². The van der Waals surface area contributed by atoms with Crippen LogP contribution < -0.4 is 0 Å². The minimum absolute atomic E-state index is 0.0529. The number of carbonyl (C=O) groups is 2. The van der Waals surface area contributed by atoms with Crippen LogP contribution in [0.4, 0.5) is 0 Å². The number of amides is 1. The number of Topliss-reactive ketones (excluding diaryl/α,β-unsaturated/α-hetero) is 1. The van der Waals surface area contributed by atoms with E-state index in [2.05, 4.69) is 10.1 Å². The number of aromatic nitrogens is 3. The Labute approximate surface area is 155 Å². The molecular formula is C19H17ClN4O2. The summed E-state index contributed by atoms with van der Waals surface area (Å²) in [6.07, 6.45) is 3.79. The molecule has 3 aromatic rings. The molecule has 1 unspecified atom stereocenters. The summed E-state index contributed by atoms with van der Waals surface area (Å²) in [5.74, 6) is -0.102. The third kappa shape index (κ3) is 2.66. The van der Waals surface area contributed by atoms with Crippen molar-refractivity contribution in [3.63, 3.8) is 0 Å². The fraction of sp³-hybridized carbons (Fsp3) is 0.263. The lowest BCUT2D eigenvalue weighted by Crippen LogP contribution is -2.39. The molecule has 7 heteroatoms. The molecule has 1 aliphatic heterocycles. The van der Waals surface area contributed by atoms with E-state index < -0.39 is 0 Å². The molecule has 0 bridgehead atoms. The zero-order valence-electron chi connectivity index (χ0n) is 14.4. The minimum Gasteiger partial charge on any atom is -0.330 e. The summed E-state index contributed by atoms with van der Waals surface area (Å²) >= 11 is 5.93. The standard InChI is InChI=1S/C19H17ClN4O2/c1-11-14-4-3-5-15(12(2)25)16(14)6-7-23(11)19(26)17-8-18-21-9-13(20)10-24(18)22-17/h3-5,8-11H,6-7H2,1-2H3. The van der Waals surface area contributed by atoms with Gasteiger partial charge in [0, 0.05) is 24.4 Å². The van der Waals surface area contributed by atoms with Crippen molar-refractivity contribution in [1.29, 1.82) is 0 Å². The highest BCUT2D eigenvalue weighted by atomic mass is 35.5. The number of halogens is 1. The largest absolute Gasteiger partial charge is 0.330 e. The van der Waals surface area contributed by atoms with E-state index in [9.17, 15) is 9.59 Å². The Balaban J connectivity index is 1.69. The van der Waals surface area contributed by atoms with Crippen LogP contribution in [-0.2, 0) is 6.42 Å². The van der Waals surface area contributed by atoms with E-state index in [4.69, 9.17) is 11.6 Å². The fourth-order valence-electron chi connectivity index (χ4n) is 3.58. The maximum Gasteiger partial charge on any atom is 0.274 e. The third-order valence-corrected chi connectivity index (χ3v) is 5.07. The lowest BCUT2D eigenvalue weighted by atomic mass is 9.88. The molecule has 6 nitrogen and oxygen atoms in total. The van der Waals surface area contributed by atoms with Gasteiger partial charge in [0.25, 0.3) is 5.91 Å². The molecule has 1 aliphatic rings. The zero-order valence-corrected chi connectivity index (χ0v) is 15.2. The van der Waals surface area contributed by atoms with E-state index in [0.717, 1.165) is 16.7 Å². The van der Waals surface area contributed by atoms with Gasteiger partial charge in [-0.2, -0.15) is 5.10 Å². The Morgan fingerprint density at radius 2 is 2.12 bits per heavy atom. The van der Waals surface area contributed by atoms with Crippen LogP contribution in [0, 0.1) is 0 Å². The van der Waals surface area contributed by atoms with E-state index in [1.54, 1.807) is 24.1 Å². The van der Waals surface area contributed by atoms with Crippen LogP contribution in [0.15, 0.2) is 36.7 Å². The molecule has 0 saturated heterocycles. The number of nitrogens with zero attached hydrogens (tertiary/aromatic N) is 4. The van der Waals surface area contributed by atoms with Crippen molar-refractivity contribution >= 4 is 28.9 Å². The van der Waals surface area contributed by atoms with Gasteiger partial charge in [-0.1, -0.05) is 29.8 Å². The highest BCUT2D eigenvalue weighted by molar-refractivity contribution is 6.30. The normalized spacial score (nSPS) is 16.6. The monoisotopic (exact) mass is 368 g/mol. The van der Waals surface area contributed by atoms with E-state index in [0.29, 0.717) is 29.3 Å². The Hall–Kier alpha value is -2.73. The zero-order chi connectivity index (χ0) is 18.4. The van der Waals surface area contributed by atoms with Crippen LogP contribution in [0.5, 0.6) is 0 Å². The SMILES string of the molecule is CC(=O)c1cccc2c1CCN(C(=O)c1cc3ncc(Cl)cn3n1)C2C. The van der Waals surface area contributed by atoms with E-state index in [1.165, 1.54) is 10.7 Å². The number of carbonyl (C=O) groups excluding carboxylic acids is 2. The number of benzene rings is 1. The molecule has 0 spiro atoms. The maximum atomic E-state index is 13.0. The van der Waals surface area contributed by atoms with Crippen LogP contribution in [0.25, 0.3) is 5.65 Å². The Morgan fingerprint density at radius 1 is 1.31 bits per heavy atom. The summed E-state index contributed by atoms with van der Waals surface area (Å²) in [4.78, 5) is 30.9. The van der Waals surface area contributed by atoms with Crippen LogP contribution in [0.2, 0.25) is 5.02 Å². The summed E-state index contributed by atoms with van der Waals surface area (Å²) in [6, 6.07) is 7.23. The Kier molecular flexibility index (Phi) is 4.00. The highest BCUT2D eigenvalue weighted by Crippen LogP contribution is 2.32. The van der Waals surface area contributed by atoms with E-state index in [-0.39, 0.29) is 17.7 Å². The fourth-order valence-corrected chi connectivity index (χ4v) is 3.72.